The minimum absolute atomic E-state index is 0.0100. The number of likely N-dealkylation sites (tertiary alicyclic amines) is 1. The fourth-order valence-corrected chi connectivity index (χ4v) is 4.64. The topological polar surface area (TPSA) is 101 Å². The summed E-state index contributed by atoms with van der Waals surface area (Å²) in [5.41, 5.74) is 2.18. The molecule has 4 aromatic rings. The normalized spacial score (nSPS) is 14.8. The second kappa shape index (κ2) is 8.70. The van der Waals surface area contributed by atoms with E-state index in [0.29, 0.717) is 46.5 Å². The molecule has 1 fully saturated rings. The summed E-state index contributed by atoms with van der Waals surface area (Å²) >= 11 is 1.41. The van der Waals surface area contributed by atoms with Crippen LogP contribution in [-0.2, 0) is 0 Å². The number of amides is 1. The number of nitrogens with one attached hydrogen (secondary N) is 1. The number of halogens is 1. The van der Waals surface area contributed by atoms with Gasteiger partial charge in [-0.2, -0.15) is 0 Å². The molecule has 0 aromatic carbocycles. The SMILES string of the molecule is C[C@H](Nc1nc(C(=O)N2CC(CC(=O)c3ccoc3)C2)c2sccc2n1)c1cncc(F)c1. The number of aromatic nitrogens is 3. The molecule has 168 valence electrons. The lowest BCUT2D eigenvalue weighted by Crippen LogP contribution is -2.50. The van der Waals surface area contributed by atoms with Gasteiger partial charge < -0.3 is 14.6 Å². The van der Waals surface area contributed by atoms with Gasteiger partial charge in [-0.25, -0.2) is 14.4 Å². The zero-order chi connectivity index (χ0) is 22.9. The van der Waals surface area contributed by atoms with Gasteiger partial charge >= 0.3 is 0 Å². The fraction of sp³-hybridized carbons (Fsp3) is 0.261. The summed E-state index contributed by atoms with van der Waals surface area (Å²) < 4.78 is 19.2. The first-order chi connectivity index (χ1) is 16.0. The Morgan fingerprint density at radius 2 is 2.15 bits per heavy atom. The van der Waals surface area contributed by atoms with Crippen LogP contribution in [0.25, 0.3) is 10.2 Å². The lowest BCUT2D eigenvalue weighted by molar-refractivity contribution is 0.0466. The molecule has 5 rings (SSSR count). The van der Waals surface area contributed by atoms with E-state index in [2.05, 4.69) is 20.3 Å². The largest absolute Gasteiger partial charge is 0.472 e. The van der Waals surface area contributed by atoms with Gasteiger partial charge in [0.2, 0.25) is 5.95 Å². The number of hydrogen-bond donors (Lipinski definition) is 1. The molecule has 1 saturated heterocycles. The van der Waals surface area contributed by atoms with Gasteiger partial charge in [0, 0.05) is 31.6 Å². The summed E-state index contributed by atoms with van der Waals surface area (Å²) in [4.78, 5) is 40.0. The average Bonchev–Trinajstić information content (AvgIpc) is 3.47. The van der Waals surface area contributed by atoms with Crippen molar-refractivity contribution in [3.63, 3.8) is 0 Å². The highest BCUT2D eigenvalue weighted by Gasteiger charge is 2.34. The standard InChI is InChI=1S/C23H20FN5O3S/c1-13(16-7-17(24)9-25-8-16)26-23-27-18-3-5-33-21(18)20(28-23)22(31)29-10-14(11-29)6-19(30)15-2-4-32-12-15/h2-5,7-9,12-14H,6,10-11H2,1H3,(H,26,27,28)/t13-/m0/s1. The van der Waals surface area contributed by atoms with Crippen molar-refractivity contribution >= 4 is 39.2 Å². The van der Waals surface area contributed by atoms with E-state index < -0.39 is 5.82 Å². The van der Waals surface area contributed by atoms with Crippen molar-refractivity contribution in [2.75, 3.05) is 18.4 Å². The quantitative estimate of drug-likeness (QED) is 0.405. The fourth-order valence-electron chi connectivity index (χ4n) is 3.83. The third-order valence-corrected chi connectivity index (χ3v) is 6.55. The number of pyridine rings is 1. The molecule has 10 heteroatoms. The Morgan fingerprint density at radius 1 is 1.30 bits per heavy atom. The number of thiophene rings is 1. The molecule has 1 aliphatic rings. The van der Waals surface area contributed by atoms with E-state index in [-0.39, 0.29) is 29.6 Å². The molecule has 1 amide bonds. The molecule has 5 heterocycles. The van der Waals surface area contributed by atoms with Gasteiger partial charge in [0.05, 0.1) is 34.3 Å². The third kappa shape index (κ3) is 4.34. The molecule has 4 aromatic heterocycles. The molecule has 8 nitrogen and oxygen atoms in total. The van der Waals surface area contributed by atoms with Crippen molar-refractivity contribution in [2.45, 2.75) is 19.4 Å². The van der Waals surface area contributed by atoms with Crippen LogP contribution in [0.3, 0.4) is 0 Å². The Balaban J connectivity index is 1.30. The number of anilines is 1. The van der Waals surface area contributed by atoms with Crippen molar-refractivity contribution in [1.29, 1.82) is 0 Å². The number of ketones is 1. The van der Waals surface area contributed by atoms with E-state index in [0.717, 1.165) is 6.20 Å². The van der Waals surface area contributed by atoms with E-state index in [1.54, 1.807) is 17.2 Å². The van der Waals surface area contributed by atoms with E-state index in [1.807, 2.05) is 18.4 Å². The van der Waals surface area contributed by atoms with Crippen molar-refractivity contribution < 1.29 is 18.4 Å². The first-order valence-electron chi connectivity index (χ1n) is 10.4. The van der Waals surface area contributed by atoms with Gasteiger partial charge in [-0.1, -0.05) is 0 Å². The molecule has 0 unspecified atom stereocenters. The summed E-state index contributed by atoms with van der Waals surface area (Å²) in [5.74, 6) is -0.219. The van der Waals surface area contributed by atoms with Crippen LogP contribution in [0, 0.1) is 11.7 Å². The van der Waals surface area contributed by atoms with Crippen molar-refractivity contribution in [3.8, 4) is 0 Å². The molecule has 0 aliphatic carbocycles. The van der Waals surface area contributed by atoms with Gasteiger partial charge in [-0.3, -0.25) is 14.6 Å². The molecule has 0 spiro atoms. The van der Waals surface area contributed by atoms with Gasteiger partial charge in [-0.05, 0) is 36.1 Å². The van der Waals surface area contributed by atoms with E-state index in [1.165, 1.54) is 29.9 Å². The highest BCUT2D eigenvalue weighted by Crippen LogP contribution is 2.29. The Hall–Kier alpha value is -3.66. The van der Waals surface area contributed by atoms with Crippen LogP contribution in [-0.4, -0.2) is 44.6 Å². The Morgan fingerprint density at radius 3 is 2.91 bits per heavy atom. The van der Waals surface area contributed by atoms with Crippen LogP contribution in [0.4, 0.5) is 10.3 Å². The number of carbonyl (C=O) groups is 2. The van der Waals surface area contributed by atoms with Gasteiger partial charge in [0.15, 0.2) is 11.5 Å². The van der Waals surface area contributed by atoms with Crippen LogP contribution < -0.4 is 5.32 Å². The zero-order valence-corrected chi connectivity index (χ0v) is 18.5. The van der Waals surface area contributed by atoms with Gasteiger partial charge in [-0.15, -0.1) is 11.3 Å². The van der Waals surface area contributed by atoms with Crippen LogP contribution in [0.15, 0.2) is 52.9 Å². The first-order valence-corrected chi connectivity index (χ1v) is 11.3. The molecule has 0 saturated carbocycles. The number of rotatable bonds is 7. The van der Waals surface area contributed by atoms with E-state index in [9.17, 15) is 14.0 Å². The molecule has 1 atom stereocenters. The number of nitrogens with zero attached hydrogens (tertiary/aromatic N) is 4. The number of carbonyl (C=O) groups excluding carboxylic acids is 2. The molecule has 1 N–H and O–H groups in total. The molecule has 1 aliphatic heterocycles. The predicted octanol–water partition coefficient (Wildman–Crippen LogP) is 4.34. The Kier molecular flexibility index (Phi) is 5.59. The van der Waals surface area contributed by atoms with Crippen LogP contribution in [0.1, 0.15) is 45.8 Å². The van der Waals surface area contributed by atoms with Crippen LogP contribution >= 0.6 is 11.3 Å². The first kappa shape index (κ1) is 21.2. The molecule has 0 radical (unpaired) electrons. The number of hydrogen-bond acceptors (Lipinski definition) is 8. The van der Waals surface area contributed by atoms with Crippen LogP contribution in [0.2, 0.25) is 0 Å². The monoisotopic (exact) mass is 465 g/mol. The summed E-state index contributed by atoms with van der Waals surface area (Å²) in [6.07, 6.45) is 5.99. The molecular formula is C23H20FN5O3S. The third-order valence-electron chi connectivity index (χ3n) is 5.64. The second-order valence-electron chi connectivity index (χ2n) is 8.05. The molecule has 33 heavy (non-hydrogen) atoms. The maximum absolute atomic E-state index is 13.5. The smallest absolute Gasteiger partial charge is 0.274 e. The highest BCUT2D eigenvalue weighted by atomic mass is 32.1. The lowest BCUT2D eigenvalue weighted by Gasteiger charge is -2.38. The maximum atomic E-state index is 13.5. The Labute approximate surface area is 192 Å². The second-order valence-corrected chi connectivity index (χ2v) is 8.96. The zero-order valence-electron chi connectivity index (χ0n) is 17.7. The summed E-state index contributed by atoms with van der Waals surface area (Å²) in [6.45, 7) is 2.83. The van der Waals surface area contributed by atoms with Gasteiger partial charge in [0.25, 0.3) is 5.91 Å². The Bertz CT molecular complexity index is 1320. The van der Waals surface area contributed by atoms with Crippen molar-refractivity contribution in [2.24, 2.45) is 5.92 Å². The average molecular weight is 466 g/mol. The number of furan rings is 1. The summed E-state index contributed by atoms with van der Waals surface area (Å²) in [5, 5.41) is 5.00. The van der Waals surface area contributed by atoms with Crippen molar-refractivity contribution in [3.05, 3.63) is 71.1 Å². The number of fused-ring (bicyclic) bond motifs is 1. The maximum Gasteiger partial charge on any atom is 0.274 e. The van der Waals surface area contributed by atoms with Crippen LogP contribution in [0.5, 0.6) is 0 Å². The van der Waals surface area contributed by atoms with Crippen molar-refractivity contribution in [1.82, 2.24) is 19.9 Å². The minimum atomic E-state index is -0.426. The summed E-state index contributed by atoms with van der Waals surface area (Å²) in [6, 6.07) is 4.56. The molecular weight excluding hydrogens is 445 g/mol. The minimum Gasteiger partial charge on any atom is -0.472 e. The lowest BCUT2D eigenvalue weighted by atomic mass is 9.92. The van der Waals surface area contributed by atoms with E-state index in [4.69, 9.17) is 4.42 Å². The van der Waals surface area contributed by atoms with E-state index >= 15 is 0 Å². The number of Topliss-reactive ketones (excluding diaryl/α,β-unsaturated/α-hetero) is 1. The predicted molar refractivity (Wildman–Crippen MR) is 121 cm³/mol. The highest BCUT2D eigenvalue weighted by molar-refractivity contribution is 7.17. The summed E-state index contributed by atoms with van der Waals surface area (Å²) in [7, 11) is 0. The van der Waals surface area contributed by atoms with Gasteiger partial charge in [0.1, 0.15) is 12.1 Å². The molecule has 0 bridgehead atoms.